The van der Waals surface area contributed by atoms with Gasteiger partial charge in [0.1, 0.15) is 5.65 Å². The van der Waals surface area contributed by atoms with Crippen molar-refractivity contribution < 1.29 is 5.11 Å². The molecule has 1 fully saturated rings. The zero-order valence-corrected chi connectivity index (χ0v) is 14.7. The number of rotatable bonds is 4. The second-order valence-electron chi connectivity index (χ2n) is 6.47. The number of aromatic nitrogens is 3. The predicted molar refractivity (Wildman–Crippen MR) is 92.1 cm³/mol. The summed E-state index contributed by atoms with van der Waals surface area (Å²) in [4.78, 5) is 9.07. The van der Waals surface area contributed by atoms with Crippen LogP contribution < -0.4 is 5.32 Å². The first-order valence-corrected chi connectivity index (χ1v) is 8.79. The van der Waals surface area contributed by atoms with Gasteiger partial charge < -0.3 is 15.0 Å². The van der Waals surface area contributed by atoms with Crippen molar-refractivity contribution in [3.8, 4) is 0 Å². The van der Waals surface area contributed by atoms with E-state index in [9.17, 15) is 5.11 Å². The first-order chi connectivity index (χ1) is 10.5. The fourth-order valence-electron chi connectivity index (χ4n) is 3.09. The monoisotopic (exact) mass is 366 g/mol. The molecule has 1 saturated carbocycles. The lowest BCUT2D eigenvalue weighted by Crippen LogP contribution is -2.31. The van der Waals surface area contributed by atoms with Gasteiger partial charge in [0.15, 0.2) is 0 Å². The van der Waals surface area contributed by atoms with Gasteiger partial charge in [0.05, 0.1) is 11.0 Å². The molecular weight excluding hydrogens is 344 g/mol. The highest BCUT2D eigenvalue weighted by atomic mass is 79.9. The molecule has 0 spiro atoms. The lowest BCUT2D eigenvalue weighted by Gasteiger charge is -2.33. The number of hydrogen-bond donors (Lipinski definition) is 2. The molecule has 22 heavy (non-hydrogen) atoms. The van der Waals surface area contributed by atoms with Gasteiger partial charge in [0, 0.05) is 29.5 Å². The fourth-order valence-corrected chi connectivity index (χ4v) is 3.59. The third-order valence-electron chi connectivity index (χ3n) is 4.48. The molecule has 0 radical (unpaired) electrons. The molecule has 1 aliphatic carbocycles. The summed E-state index contributed by atoms with van der Waals surface area (Å²) in [5.41, 5.74) is 0.450. The van der Waals surface area contributed by atoms with Crippen LogP contribution in [0.4, 0.5) is 5.95 Å². The normalized spacial score (nSPS) is 25.5. The molecule has 2 aromatic rings. The van der Waals surface area contributed by atoms with E-state index in [1.165, 1.54) is 0 Å². The summed E-state index contributed by atoms with van der Waals surface area (Å²) < 4.78 is 3.27. The number of nitrogens with zero attached hydrogens (tertiary/aromatic N) is 3. The van der Waals surface area contributed by atoms with Gasteiger partial charge >= 0.3 is 0 Å². The number of halogens is 1. The number of anilines is 1. The van der Waals surface area contributed by atoms with Crippen LogP contribution in [-0.4, -0.2) is 31.8 Å². The van der Waals surface area contributed by atoms with Crippen molar-refractivity contribution in [3.63, 3.8) is 0 Å². The number of nitrogens with one attached hydrogen (secondary N) is 1. The molecule has 2 heterocycles. The minimum atomic E-state index is -0.514. The maximum atomic E-state index is 10.1. The van der Waals surface area contributed by atoms with Gasteiger partial charge in [-0.2, -0.15) is 4.98 Å². The summed E-state index contributed by atoms with van der Waals surface area (Å²) in [6.07, 6.45) is 8.65. The van der Waals surface area contributed by atoms with Crippen LogP contribution in [0.15, 0.2) is 16.9 Å². The Hall–Kier alpha value is -1.14. The number of aliphatic hydroxyl groups is 1. The lowest BCUT2D eigenvalue weighted by molar-refractivity contribution is 0.0104. The van der Waals surface area contributed by atoms with Crippen LogP contribution in [0.5, 0.6) is 0 Å². The molecule has 0 unspecified atom stereocenters. The molecular formula is C16H23BrN4O. The second-order valence-corrected chi connectivity index (χ2v) is 7.32. The summed E-state index contributed by atoms with van der Waals surface area (Å²) in [5, 5.41) is 14.4. The van der Waals surface area contributed by atoms with Gasteiger partial charge in [0.2, 0.25) is 5.95 Å². The Morgan fingerprint density at radius 3 is 2.86 bits per heavy atom. The van der Waals surface area contributed by atoms with Gasteiger partial charge in [-0.15, -0.1) is 0 Å². The van der Waals surface area contributed by atoms with Crippen LogP contribution in [0, 0.1) is 0 Å². The zero-order valence-electron chi connectivity index (χ0n) is 13.1. The van der Waals surface area contributed by atoms with E-state index in [0.717, 1.165) is 54.2 Å². The van der Waals surface area contributed by atoms with Crippen LogP contribution in [-0.2, 0) is 0 Å². The molecule has 0 aliphatic heterocycles. The second kappa shape index (κ2) is 6.16. The molecule has 5 nitrogen and oxygen atoms in total. The first-order valence-electron chi connectivity index (χ1n) is 7.99. The van der Waals surface area contributed by atoms with E-state index in [-0.39, 0.29) is 0 Å². The maximum absolute atomic E-state index is 10.1. The molecule has 0 aromatic carbocycles. The Kier molecular flexibility index (Phi) is 4.41. The number of hydrogen-bond acceptors (Lipinski definition) is 4. The molecule has 3 rings (SSSR count). The molecule has 6 heteroatoms. The average molecular weight is 367 g/mol. The Bertz CT molecular complexity index is 657. The smallest absolute Gasteiger partial charge is 0.224 e. The Balaban J connectivity index is 1.91. The molecule has 0 atom stereocenters. The minimum absolute atomic E-state index is 0.392. The fraction of sp³-hybridized carbons (Fsp3) is 0.625. The van der Waals surface area contributed by atoms with Gasteiger partial charge in [-0.25, -0.2) is 4.98 Å². The third kappa shape index (κ3) is 3.13. The Morgan fingerprint density at radius 2 is 2.18 bits per heavy atom. The summed E-state index contributed by atoms with van der Waals surface area (Å²) in [6, 6.07) is 0.392. The van der Waals surface area contributed by atoms with Crippen molar-refractivity contribution >= 4 is 32.9 Å². The van der Waals surface area contributed by atoms with Crippen molar-refractivity contribution in [1.82, 2.24) is 14.5 Å². The molecule has 1 aliphatic rings. The van der Waals surface area contributed by atoms with E-state index in [1.54, 1.807) is 0 Å². The standard InChI is InChI=1S/C16H23BrN4O/c1-3-8-18-15-19-9-12-13(17)10-21(14(12)20-15)11-4-6-16(2,22)7-5-11/h9-11,22H,3-8H2,1-2H3,(H,18,19,20). The quantitative estimate of drug-likeness (QED) is 0.861. The van der Waals surface area contributed by atoms with Crippen LogP contribution in [0.25, 0.3) is 11.0 Å². The van der Waals surface area contributed by atoms with Crippen LogP contribution in [0.2, 0.25) is 0 Å². The van der Waals surface area contributed by atoms with Gasteiger partial charge in [-0.1, -0.05) is 6.92 Å². The van der Waals surface area contributed by atoms with Gasteiger partial charge in [0.25, 0.3) is 0 Å². The SMILES string of the molecule is CCCNc1ncc2c(Br)cn(C3CCC(C)(O)CC3)c2n1. The average Bonchev–Trinajstić information content (AvgIpc) is 2.82. The third-order valence-corrected chi connectivity index (χ3v) is 5.11. The number of fused-ring (bicyclic) bond motifs is 1. The predicted octanol–water partition coefficient (Wildman–Crippen LogP) is 3.88. The summed E-state index contributed by atoms with van der Waals surface area (Å²) in [6.45, 7) is 4.93. The topological polar surface area (TPSA) is 63.0 Å². The largest absolute Gasteiger partial charge is 0.390 e. The molecule has 2 N–H and O–H groups in total. The highest BCUT2D eigenvalue weighted by Gasteiger charge is 2.30. The van der Waals surface area contributed by atoms with Crippen molar-refractivity contribution in [2.24, 2.45) is 0 Å². The molecule has 0 amide bonds. The van der Waals surface area contributed by atoms with E-state index in [2.05, 4.69) is 43.9 Å². The van der Waals surface area contributed by atoms with Crippen LogP contribution >= 0.6 is 15.9 Å². The summed E-state index contributed by atoms with van der Waals surface area (Å²) in [5.74, 6) is 0.684. The molecule has 0 bridgehead atoms. The lowest BCUT2D eigenvalue weighted by atomic mass is 9.83. The van der Waals surface area contributed by atoms with Crippen molar-refractivity contribution in [2.45, 2.75) is 57.6 Å². The Labute approximate surface area is 139 Å². The van der Waals surface area contributed by atoms with Gasteiger partial charge in [-0.3, -0.25) is 0 Å². The van der Waals surface area contributed by atoms with Crippen LogP contribution in [0.3, 0.4) is 0 Å². The van der Waals surface area contributed by atoms with Crippen molar-refractivity contribution in [2.75, 3.05) is 11.9 Å². The Morgan fingerprint density at radius 1 is 1.45 bits per heavy atom. The molecule has 120 valence electrons. The summed E-state index contributed by atoms with van der Waals surface area (Å²) in [7, 11) is 0. The van der Waals surface area contributed by atoms with Crippen molar-refractivity contribution in [1.29, 1.82) is 0 Å². The molecule has 0 saturated heterocycles. The van der Waals surface area contributed by atoms with E-state index >= 15 is 0 Å². The first kappa shape index (κ1) is 15.7. The van der Waals surface area contributed by atoms with E-state index in [0.29, 0.717) is 12.0 Å². The van der Waals surface area contributed by atoms with Gasteiger partial charge in [-0.05, 0) is 55.0 Å². The van der Waals surface area contributed by atoms with E-state index < -0.39 is 5.60 Å². The van der Waals surface area contributed by atoms with E-state index in [4.69, 9.17) is 4.98 Å². The highest BCUT2D eigenvalue weighted by Crippen LogP contribution is 2.38. The zero-order chi connectivity index (χ0) is 15.7. The van der Waals surface area contributed by atoms with Crippen molar-refractivity contribution in [3.05, 3.63) is 16.9 Å². The van der Waals surface area contributed by atoms with Crippen LogP contribution in [0.1, 0.15) is 52.0 Å². The summed E-state index contributed by atoms with van der Waals surface area (Å²) >= 11 is 3.61. The molecule has 2 aromatic heterocycles. The van der Waals surface area contributed by atoms with E-state index in [1.807, 2.05) is 13.1 Å². The maximum Gasteiger partial charge on any atom is 0.224 e. The minimum Gasteiger partial charge on any atom is -0.390 e. The highest BCUT2D eigenvalue weighted by molar-refractivity contribution is 9.10.